The Morgan fingerprint density at radius 3 is 2.00 bits per heavy atom. The molecule has 0 heterocycles. The van der Waals surface area contributed by atoms with Crippen LogP contribution in [-0.2, 0) is 10.2 Å². The summed E-state index contributed by atoms with van der Waals surface area (Å²) in [6, 6.07) is 0. The van der Waals surface area contributed by atoms with Crippen molar-refractivity contribution in [1.82, 2.24) is 8.61 Å². The van der Waals surface area contributed by atoms with Gasteiger partial charge in [-0.3, -0.25) is 0 Å². The van der Waals surface area contributed by atoms with Crippen LogP contribution in [0.2, 0.25) is 0 Å². The van der Waals surface area contributed by atoms with Crippen molar-refractivity contribution >= 4 is 10.2 Å². The van der Waals surface area contributed by atoms with Crippen LogP contribution in [0, 0.1) is 0 Å². The smallest absolute Gasteiger partial charge is 0.281 e. The highest BCUT2D eigenvalue weighted by molar-refractivity contribution is 7.86. The number of aliphatic hydroxyl groups is 1. The molecule has 6 heteroatoms. The van der Waals surface area contributed by atoms with Crippen molar-refractivity contribution in [2.24, 2.45) is 0 Å². The van der Waals surface area contributed by atoms with Crippen LogP contribution in [0.25, 0.3) is 0 Å². The molecule has 1 atom stereocenters. The molecule has 0 saturated carbocycles. The second-order valence-electron chi connectivity index (χ2n) is 2.92. The zero-order chi connectivity index (χ0) is 9.94. The van der Waals surface area contributed by atoms with Gasteiger partial charge in [-0.2, -0.15) is 17.0 Å². The van der Waals surface area contributed by atoms with Gasteiger partial charge >= 0.3 is 0 Å². The Hall–Kier alpha value is -0.170. The first kappa shape index (κ1) is 11.8. The van der Waals surface area contributed by atoms with Gasteiger partial charge in [-0.05, 0) is 6.92 Å². The molecule has 0 aliphatic rings. The topological polar surface area (TPSA) is 60.9 Å². The lowest BCUT2D eigenvalue weighted by Crippen LogP contribution is -2.40. The van der Waals surface area contributed by atoms with E-state index >= 15 is 0 Å². The van der Waals surface area contributed by atoms with Crippen LogP contribution in [0.1, 0.15) is 6.92 Å². The molecule has 12 heavy (non-hydrogen) atoms. The summed E-state index contributed by atoms with van der Waals surface area (Å²) in [4.78, 5) is 0. The standard InChI is InChI=1S/C6H16N2O3S/c1-6(9)5-8(4)12(10,11)7(2)3/h6,9H,5H2,1-4H3. The summed E-state index contributed by atoms with van der Waals surface area (Å²) in [5.74, 6) is 0. The maximum atomic E-state index is 11.3. The molecule has 0 aromatic rings. The summed E-state index contributed by atoms with van der Waals surface area (Å²) in [6.07, 6.45) is -0.648. The van der Waals surface area contributed by atoms with Gasteiger partial charge in [0.15, 0.2) is 0 Å². The van der Waals surface area contributed by atoms with Gasteiger partial charge in [0.1, 0.15) is 0 Å². The molecule has 1 N–H and O–H groups in total. The molecule has 0 rings (SSSR count). The van der Waals surface area contributed by atoms with E-state index < -0.39 is 16.3 Å². The summed E-state index contributed by atoms with van der Waals surface area (Å²) < 4.78 is 24.8. The third-order valence-electron chi connectivity index (χ3n) is 1.38. The molecule has 0 fully saturated rings. The molecule has 0 aromatic heterocycles. The van der Waals surface area contributed by atoms with E-state index in [1.54, 1.807) is 6.92 Å². The predicted octanol–water partition coefficient (Wildman–Crippen LogP) is -0.895. The van der Waals surface area contributed by atoms with E-state index in [1.165, 1.54) is 21.1 Å². The minimum absolute atomic E-state index is 0.112. The largest absolute Gasteiger partial charge is 0.392 e. The van der Waals surface area contributed by atoms with Crippen LogP contribution >= 0.6 is 0 Å². The highest BCUT2D eigenvalue weighted by atomic mass is 32.2. The van der Waals surface area contributed by atoms with Crippen LogP contribution in [0.15, 0.2) is 0 Å². The highest BCUT2D eigenvalue weighted by Gasteiger charge is 2.20. The summed E-state index contributed by atoms with van der Waals surface area (Å²) in [5, 5.41) is 8.94. The summed E-state index contributed by atoms with van der Waals surface area (Å²) in [6.45, 7) is 1.65. The van der Waals surface area contributed by atoms with Crippen molar-refractivity contribution in [1.29, 1.82) is 0 Å². The van der Waals surface area contributed by atoms with Gasteiger partial charge in [0.05, 0.1) is 6.10 Å². The maximum absolute atomic E-state index is 11.3. The Bertz CT molecular complexity index is 223. The third-order valence-corrected chi connectivity index (χ3v) is 3.24. The third kappa shape index (κ3) is 3.06. The Morgan fingerprint density at radius 1 is 1.33 bits per heavy atom. The fourth-order valence-corrected chi connectivity index (χ4v) is 1.71. The molecule has 0 bridgehead atoms. The summed E-state index contributed by atoms with van der Waals surface area (Å²) in [7, 11) is 0.972. The van der Waals surface area contributed by atoms with E-state index in [4.69, 9.17) is 5.11 Å². The van der Waals surface area contributed by atoms with Crippen LogP contribution in [-0.4, -0.2) is 55.9 Å². The van der Waals surface area contributed by atoms with Crippen molar-refractivity contribution in [3.8, 4) is 0 Å². The number of nitrogens with zero attached hydrogens (tertiary/aromatic N) is 2. The van der Waals surface area contributed by atoms with Crippen LogP contribution in [0.3, 0.4) is 0 Å². The minimum Gasteiger partial charge on any atom is -0.392 e. The molecular weight excluding hydrogens is 180 g/mol. The molecular formula is C6H16N2O3S. The number of aliphatic hydroxyl groups excluding tert-OH is 1. The lowest BCUT2D eigenvalue weighted by molar-refractivity contribution is 0.169. The lowest BCUT2D eigenvalue weighted by atomic mass is 10.4. The minimum atomic E-state index is -3.37. The molecule has 0 amide bonds. The monoisotopic (exact) mass is 196 g/mol. The maximum Gasteiger partial charge on any atom is 0.281 e. The molecule has 1 unspecified atom stereocenters. The average Bonchev–Trinajstić information content (AvgIpc) is 1.85. The van der Waals surface area contributed by atoms with E-state index in [0.717, 1.165) is 8.61 Å². The van der Waals surface area contributed by atoms with Crippen molar-refractivity contribution in [2.45, 2.75) is 13.0 Å². The molecule has 0 aliphatic heterocycles. The molecule has 5 nitrogen and oxygen atoms in total. The molecule has 0 radical (unpaired) electrons. The Labute approximate surface area is 73.8 Å². The molecule has 0 aliphatic carbocycles. The van der Waals surface area contributed by atoms with E-state index in [1.807, 2.05) is 0 Å². The van der Waals surface area contributed by atoms with E-state index in [0.29, 0.717) is 0 Å². The van der Waals surface area contributed by atoms with Gasteiger partial charge in [-0.1, -0.05) is 0 Å². The Kier molecular flexibility index (Phi) is 4.12. The van der Waals surface area contributed by atoms with Gasteiger partial charge in [-0.15, -0.1) is 0 Å². The number of hydrogen-bond donors (Lipinski definition) is 1. The van der Waals surface area contributed by atoms with E-state index in [2.05, 4.69) is 0 Å². The Balaban J connectivity index is 4.38. The second-order valence-corrected chi connectivity index (χ2v) is 5.17. The van der Waals surface area contributed by atoms with Crippen LogP contribution in [0.5, 0.6) is 0 Å². The van der Waals surface area contributed by atoms with Crippen molar-refractivity contribution < 1.29 is 13.5 Å². The molecule has 0 aromatic carbocycles. The first-order valence-electron chi connectivity index (χ1n) is 3.60. The Morgan fingerprint density at radius 2 is 1.75 bits per heavy atom. The summed E-state index contributed by atoms with van der Waals surface area (Å²) >= 11 is 0. The normalized spacial score (nSPS) is 15.6. The number of hydrogen-bond acceptors (Lipinski definition) is 3. The molecule has 0 spiro atoms. The van der Waals surface area contributed by atoms with Crippen LogP contribution in [0.4, 0.5) is 0 Å². The van der Waals surface area contributed by atoms with Crippen LogP contribution < -0.4 is 0 Å². The van der Waals surface area contributed by atoms with E-state index in [9.17, 15) is 8.42 Å². The van der Waals surface area contributed by atoms with E-state index in [-0.39, 0.29) is 6.54 Å². The summed E-state index contributed by atoms with van der Waals surface area (Å²) in [5.41, 5.74) is 0. The highest BCUT2D eigenvalue weighted by Crippen LogP contribution is 2.01. The quantitative estimate of drug-likeness (QED) is 0.634. The van der Waals surface area contributed by atoms with Crippen molar-refractivity contribution in [3.63, 3.8) is 0 Å². The first-order valence-corrected chi connectivity index (χ1v) is 5.00. The van der Waals surface area contributed by atoms with Gasteiger partial charge in [0, 0.05) is 27.7 Å². The van der Waals surface area contributed by atoms with Crippen molar-refractivity contribution in [2.75, 3.05) is 27.7 Å². The average molecular weight is 196 g/mol. The van der Waals surface area contributed by atoms with Gasteiger partial charge in [-0.25, -0.2) is 0 Å². The SMILES string of the molecule is CC(O)CN(C)S(=O)(=O)N(C)C. The van der Waals surface area contributed by atoms with Gasteiger partial charge in [0.2, 0.25) is 0 Å². The second kappa shape index (κ2) is 4.18. The molecule has 74 valence electrons. The zero-order valence-corrected chi connectivity index (χ0v) is 8.67. The number of rotatable bonds is 4. The lowest BCUT2D eigenvalue weighted by Gasteiger charge is -2.22. The fraction of sp³-hybridized carbons (Fsp3) is 1.00. The van der Waals surface area contributed by atoms with Gasteiger partial charge in [0.25, 0.3) is 10.2 Å². The van der Waals surface area contributed by atoms with Crippen molar-refractivity contribution in [3.05, 3.63) is 0 Å². The predicted molar refractivity (Wildman–Crippen MR) is 46.9 cm³/mol. The fourth-order valence-electron chi connectivity index (χ4n) is 0.745. The van der Waals surface area contributed by atoms with Gasteiger partial charge < -0.3 is 5.11 Å². The molecule has 0 saturated heterocycles. The zero-order valence-electron chi connectivity index (χ0n) is 7.85. The first-order chi connectivity index (χ1) is 5.28. The number of likely N-dealkylation sites (N-methyl/N-ethyl adjacent to an activating group) is 1.